The van der Waals surface area contributed by atoms with Crippen molar-refractivity contribution in [1.29, 1.82) is 0 Å². The maximum absolute atomic E-state index is 6.73. The van der Waals surface area contributed by atoms with Gasteiger partial charge in [-0.1, -0.05) is 23.5 Å². The highest BCUT2D eigenvalue weighted by molar-refractivity contribution is 7.97. The lowest BCUT2D eigenvalue weighted by molar-refractivity contribution is 0.422. The molecule has 3 aromatic heterocycles. The van der Waals surface area contributed by atoms with Crippen molar-refractivity contribution in [3.8, 4) is 22.8 Å². The standard InChI is InChI=1S/C24H22ClN7OS/c1-14-29-18-3-2-17(8-20(18)30-14)33-22-5-4-19-24(23(22)25)31-21(10-26-19)16-9-27-32(12-16)11-15-6-7-28-34-13-15/h2-5,8-10,12,15,28H,6-7,11,13H2,1H3,(H,29,30). The predicted molar refractivity (Wildman–Crippen MR) is 135 cm³/mol. The summed E-state index contributed by atoms with van der Waals surface area (Å²) < 4.78 is 11.4. The highest BCUT2D eigenvalue weighted by Crippen LogP contribution is 2.35. The molecule has 1 aliphatic heterocycles. The van der Waals surface area contributed by atoms with E-state index in [2.05, 4.69) is 24.8 Å². The molecule has 5 aromatic rings. The van der Waals surface area contributed by atoms with E-state index in [1.807, 2.05) is 54.3 Å². The molecule has 1 unspecified atom stereocenters. The molecule has 2 aromatic carbocycles. The lowest BCUT2D eigenvalue weighted by atomic mass is 10.1. The molecule has 0 radical (unpaired) electrons. The molecular formula is C24H22ClN7OS. The fourth-order valence-corrected chi connectivity index (χ4v) is 5.28. The summed E-state index contributed by atoms with van der Waals surface area (Å²) >= 11 is 8.52. The Balaban J connectivity index is 1.28. The normalized spacial score (nSPS) is 16.4. The number of aromatic amines is 1. The Morgan fingerprint density at radius 1 is 1.18 bits per heavy atom. The van der Waals surface area contributed by atoms with E-state index in [-0.39, 0.29) is 0 Å². The number of hydrogen-bond acceptors (Lipinski definition) is 7. The van der Waals surface area contributed by atoms with Crippen LogP contribution in [0.15, 0.2) is 48.9 Å². The van der Waals surface area contributed by atoms with Gasteiger partial charge in [-0.3, -0.25) is 14.4 Å². The number of hydrogen-bond donors (Lipinski definition) is 2. The monoisotopic (exact) mass is 491 g/mol. The van der Waals surface area contributed by atoms with E-state index in [0.717, 1.165) is 53.4 Å². The molecule has 34 heavy (non-hydrogen) atoms. The molecule has 1 fully saturated rings. The SMILES string of the molecule is Cc1nc2ccc(Oc3ccc4ncc(-c5cnn(CC6CCNSC6)c5)nc4c3Cl)cc2[nH]1. The Kier molecular flexibility index (Phi) is 5.60. The van der Waals surface area contributed by atoms with E-state index in [1.165, 1.54) is 0 Å². The first-order valence-electron chi connectivity index (χ1n) is 11.1. The van der Waals surface area contributed by atoms with Gasteiger partial charge in [0, 0.05) is 36.7 Å². The van der Waals surface area contributed by atoms with Crippen LogP contribution in [0.25, 0.3) is 33.3 Å². The van der Waals surface area contributed by atoms with E-state index < -0.39 is 0 Å². The zero-order valence-corrected chi connectivity index (χ0v) is 20.0. The molecule has 0 bridgehead atoms. The summed E-state index contributed by atoms with van der Waals surface area (Å²) in [7, 11) is 0. The van der Waals surface area contributed by atoms with Crippen molar-refractivity contribution in [2.75, 3.05) is 12.3 Å². The number of nitrogens with one attached hydrogen (secondary N) is 2. The zero-order valence-electron chi connectivity index (χ0n) is 18.5. The second-order valence-corrected chi connectivity index (χ2v) is 9.70. The van der Waals surface area contributed by atoms with Crippen molar-refractivity contribution < 1.29 is 4.74 Å². The Labute approximate surface area is 205 Å². The number of halogens is 1. The Hall–Kier alpha value is -3.14. The third kappa shape index (κ3) is 4.22. The number of benzene rings is 2. The Bertz CT molecular complexity index is 1490. The number of nitrogens with zero attached hydrogens (tertiary/aromatic N) is 5. The lowest BCUT2D eigenvalue weighted by Crippen LogP contribution is -2.25. The van der Waals surface area contributed by atoms with Crippen LogP contribution < -0.4 is 9.46 Å². The first kappa shape index (κ1) is 21.4. The molecule has 10 heteroatoms. The predicted octanol–water partition coefficient (Wildman–Crippen LogP) is 5.38. The molecule has 172 valence electrons. The molecule has 1 aliphatic rings. The van der Waals surface area contributed by atoms with E-state index in [4.69, 9.17) is 21.3 Å². The third-order valence-electron chi connectivity index (χ3n) is 5.87. The minimum atomic E-state index is 0.423. The van der Waals surface area contributed by atoms with Crippen LogP contribution in [0.3, 0.4) is 0 Å². The quantitative estimate of drug-likeness (QED) is 0.319. The summed E-state index contributed by atoms with van der Waals surface area (Å²) in [4.78, 5) is 17.0. The van der Waals surface area contributed by atoms with Gasteiger partial charge in [0.05, 0.1) is 34.6 Å². The van der Waals surface area contributed by atoms with Crippen LogP contribution in [0, 0.1) is 12.8 Å². The van der Waals surface area contributed by atoms with Crippen LogP contribution in [0.2, 0.25) is 5.02 Å². The molecular weight excluding hydrogens is 470 g/mol. The number of imidazole rings is 1. The van der Waals surface area contributed by atoms with Gasteiger partial charge in [-0.15, -0.1) is 0 Å². The summed E-state index contributed by atoms with van der Waals surface area (Å²) in [6.45, 7) is 3.86. The van der Waals surface area contributed by atoms with Gasteiger partial charge >= 0.3 is 0 Å². The van der Waals surface area contributed by atoms with Gasteiger partial charge in [0.1, 0.15) is 27.9 Å². The Morgan fingerprint density at radius 2 is 2.09 bits per heavy atom. The van der Waals surface area contributed by atoms with Crippen molar-refractivity contribution in [1.82, 2.24) is 34.4 Å². The van der Waals surface area contributed by atoms with Crippen molar-refractivity contribution >= 4 is 45.6 Å². The van der Waals surface area contributed by atoms with Crippen LogP contribution in [0.1, 0.15) is 12.2 Å². The van der Waals surface area contributed by atoms with Gasteiger partial charge in [-0.2, -0.15) is 5.10 Å². The third-order valence-corrected chi connectivity index (χ3v) is 7.28. The highest BCUT2D eigenvalue weighted by atomic mass is 35.5. The van der Waals surface area contributed by atoms with Gasteiger partial charge in [0.15, 0.2) is 0 Å². The number of ether oxygens (including phenoxy) is 1. The molecule has 2 N–H and O–H groups in total. The summed E-state index contributed by atoms with van der Waals surface area (Å²) in [6.07, 6.45) is 6.77. The van der Waals surface area contributed by atoms with Gasteiger partial charge in [0.2, 0.25) is 0 Å². The number of aromatic nitrogens is 6. The Morgan fingerprint density at radius 3 is 2.97 bits per heavy atom. The largest absolute Gasteiger partial charge is 0.456 e. The average molecular weight is 492 g/mol. The summed E-state index contributed by atoms with van der Waals surface area (Å²) in [5.41, 5.74) is 4.75. The van der Waals surface area contributed by atoms with Gasteiger partial charge < -0.3 is 9.72 Å². The molecule has 6 rings (SSSR count). The second kappa shape index (κ2) is 8.90. The van der Waals surface area contributed by atoms with Crippen molar-refractivity contribution in [2.24, 2.45) is 5.92 Å². The molecule has 1 saturated heterocycles. The number of H-pyrrole nitrogens is 1. The lowest BCUT2D eigenvalue weighted by Gasteiger charge is -2.21. The van der Waals surface area contributed by atoms with Crippen LogP contribution in [-0.4, -0.2) is 42.0 Å². The van der Waals surface area contributed by atoms with Crippen molar-refractivity contribution in [3.63, 3.8) is 0 Å². The minimum absolute atomic E-state index is 0.423. The molecule has 0 saturated carbocycles. The topological polar surface area (TPSA) is 93.5 Å². The van der Waals surface area contributed by atoms with E-state index >= 15 is 0 Å². The van der Waals surface area contributed by atoms with Crippen molar-refractivity contribution in [2.45, 2.75) is 19.9 Å². The summed E-state index contributed by atoms with van der Waals surface area (Å²) in [5, 5.41) is 4.97. The fourth-order valence-electron chi connectivity index (χ4n) is 4.15. The van der Waals surface area contributed by atoms with Crippen LogP contribution in [0.4, 0.5) is 0 Å². The first-order valence-corrected chi connectivity index (χ1v) is 12.5. The summed E-state index contributed by atoms with van der Waals surface area (Å²) in [6, 6.07) is 9.38. The summed E-state index contributed by atoms with van der Waals surface area (Å²) in [5.74, 6) is 3.75. The average Bonchev–Trinajstić information content (AvgIpc) is 3.47. The number of aryl methyl sites for hydroxylation is 1. The van der Waals surface area contributed by atoms with Gasteiger partial charge in [-0.25, -0.2) is 9.97 Å². The van der Waals surface area contributed by atoms with Crippen LogP contribution in [0.5, 0.6) is 11.5 Å². The molecule has 0 aliphatic carbocycles. The first-order chi connectivity index (χ1) is 16.6. The fraction of sp³-hybridized carbons (Fsp3) is 0.250. The smallest absolute Gasteiger partial charge is 0.148 e. The van der Waals surface area contributed by atoms with E-state index in [0.29, 0.717) is 33.5 Å². The maximum atomic E-state index is 6.73. The maximum Gasteiger partial charge on any atom is 0.148 e. The van der Waals surface area contributed by atoms with E-state index in [9.17, 15) is 0 Å². The molecule has 8 nitrogen and oxygen atoms in total. The molecule has 4 heterocycles. The second-order valence-electron chi connectivity index (χ2n) is 8.41. The number of fused-ring (bicyclic) bond motifs is 2. The van der Waals surface area contributed by atoms with E-state index in [1.54, 1.807) is 18.1 Å². The number of rotatable bonds is 5. The van der Waals surface area contributed by atoms with Gasteiger partial charge in [0.25, 0.3) is 0 Å². The van der Waals surface area contributed by atoms with Crippen LogP contribution >= 0.6 is 23.5 Å². The zero-order chi connectivity index (χ0) is 23.1. The molecule has 1 atom stereocenters. The molecule has 0 spiro atoms. The molecule has 0 amide bonds. The van der Waals surface area contributed by atoms with Gasteiger partial charge in [-0.05, 0) is 43.5 Å². The van der Waals surface area contributed by atoms with Crippen molar-refractivity contribution in [3.05, 3.63) is 59.8 Å². The minimum Gasteiger partial charge on any atom is -0.456 e. The van der Waals surface area contributed by atoms with Crippen LogP contribution in [-0.2, 0) is 6.54 Å². The highest BCUT2D eigenvalue weighted by Gasteiger charge is 2.16.